The van der Waals surface area contributed by atoms with Gasteiger partial charge in [0.25, 0.3) is 0 Å². The van der Waals surface area contributed by atoms with Crippen molar-refractivity contribution >= 4 is 0 Å². The summed E-state index contributed by atoms with van der Waals surface area (Å²) in [6, 6.07) is 6.72. The minimum absolute atomic E-state index is 0.567. The van der Waals surface area contributed by atoms with Crippen LogP contribution in [-0.4, -0.2) is 25.6 Å². The highest BCUT2D eigenvalue weighted by molar-refractivity contribution is 5.50. The molecule has 1 aromatic rings. The van der Waals surface area contributed by atoms with E-state index < -0.39 is 5.54 Å². The number of rotatable bonds is 1. The zero-order valence-electron chi connectivity index (χ0n) is 11.6. The molecule has 96 valence electrons. The molecule has 1 aromatic carbocycles. The lowest BCUT2D eigenvalue weighted by Gasteiger charge is -2.33. The zero-order valence-corrected chi connectivity index (χ0v) is 11.6. The van der Waals surface area contributed by atoms with E-state index in [0.717, 1.165) is 29.7 Å². The number of hydrogen-bond donors (Lipinski definition) is 0. The Morgan fingerprint density at radius 2 is 2.06 bits per heavy atom. The Bertz CT molecular complexity index is 502. The molecule has 3 nitrogen and oxygen atoms in total. The molecule has 0 aromatic heterocycles. The van der Waals surface area contributed by atoms with Crippen molar-refractivity contribution in [1.82, 2.24) is 4.90 Å². The smallest absolute Gasteiger partial charge is 0.137 e. The summed E-state index contributed by atoms with van der Waals surface area (Å²) >= 11 is 0. The summed E-state index contributed by atoms with van der Waals surface area (Å²) in [7, 11) is 3.94. The van der Waals surface area contributed by atoms with Crippen molar-refractivity contribution in [2.75, 3.05) is 20.7 Å². The molecule has 1 aliphatic heterocycles. The molecular formula is C15H20N2O. The Kier molecular flexibility index (Phi) is 3.32. The first kappa shape index (κ1) is 12.9. The lowest BCUT2D eigenvalue weighted by atomic mass is 9.84. The normalized spacial score (nSPS) is 22.9. The molecule has 0 amide bonds. The van der Waals surface area contributed by atoms with E-state index in [1.54, 1.807) is 0 Å². The summed E-state index contributed by atoms with van der Waals surface area (Å²) in [5, 5.41) is 9.72. The second kappa shape index (κ2) is 4.62. The van der Waals surface area contributed by atoms with Crippen LogP contribution in [0.1, 0.15) is 29.5 Å². The third-order valence-corrected chi connectivity index (χ3v) is 3.74. The maximum atomic E-state index is 9.72. The van der Waals surface area contributed by atoms with Crippen LogP contribution in [0.2, 0.25) is 0 Å². The molecule has 0 fully saturated rings. The molecule has 1 unspecified atom stereocenters. The maximum Gasteiger partial charge on any atom is 0.137 e. The molecule has 3 heteroatoms. The second-order valence-corrected chi connectivity index (χ2v) is 5.28. The van der Waals surface area contributed by atoms with Gasteiger partial charge in [-0.15, -0.1) is 0 Å². The molecule has 0 spiro atoms. The fourth-order valence-electron chi connectivity index (χ4n) is 2.77. The zero-order chi connectivity index (χ0) is 13.3. The van der Waals surface area contributed by atoms with Gasteiger partial charge in [-0.3, -0.25) is 4.90 Å². The number of hydrogen-bond acceptors (Lipinski definition) is 3. The number of nitriles is 1. The average molecular weight is 244 g/mol. The van der Waals surface area contributed by atoms with Crippen molar-refractivity contribution in [3.8, 4) is 11.8 Å². The molecule has 2 rings (SSSR count). The van der Waals surface area contributed by atoms with Crippen LogP contribution in [0.25, 0.3) is 0 Å². The van der Waals surface area contributed by atoms with Gasteiger partial charge in [0, 0.05) is 5.56 Å². The van der Waals surface area contributed by atoms with E-state index in [0.29, 0.717) is 6.61 Å². The lowest BCUT2D eigenvalue weighted by Crippen LogP contribution is -2.40. The maximum absolute atomic E-state index is 9.72. The first-order valence-electron chi connectivity index (χ1n) is 6.34. The lowest BCUT2D eigenvalue weighted by molar-refractivity contribution is 0.202. The van der Waals surface area contributed by atoms with E-state index in [-0.39, 0.29) is 0 Å². The molecule has 0 bridgehead atoms. The summed E-state index contributed by atoms with van der Waals surface area (Å²) in [5.74, 6) is 0.897. The van der Waals surface area contributed by atoms with Crippen molar-refractivity contribution in [3.05, 3.63) is 28.8 Å². The van der Waals surface area contributed by atoms with Gasteiger partial charge in [0.2, 0.25) is 0 Å². The molecule has 0 saturated heterocycles. The van der Waals surface area contributed by atoms with Gasteiger partial charge in [-0.05, 0) is 52.4 Å². The highest BCUT2D eigenvalue weighted by atomic mass is 16.5. The van der Waals surface area contributed by atoms with Crippen LogP contribution >= 0.6 is 0 Å². The number of nitrogens with zero attached hydrogens (tertiary/aromatic N) is 2. The third kappa shape index (κ3) is 1.87. The molecular weight excluding hydrogens is 224 g/mol. The van der Waals surface area contributed by atoms with E-state index >= 15 is 0 Å². The van der Waals surface area contributed by atoms with E-state index in [1.165, 1.54) is 5.56 Å². The molecule has 1 atom stereocenters. The monoisotopic (exact) mass is 244 g/mol. The van der Waals surface area contributed by atoms with Gasteiger partial charge in [0.15, 0.2) is 0 Å². The van der Waals surface area contributed by atoms with Gasteiger partial charge in [0.1, 0.15) is 11.3 Å². The first-order valence-corrected chi connectivity index (χ1v) is 6.34. The van der Waals surface area contributed by atoms with Gasteiger partial charge >= 0.3 is 0 Å². The van der Waals surface area contributed by atoms with E-state index in [9.17, 15) is 5.26 Å². The highest BCUT2D eigenvalue weighted by Gasteiger charge is 2.39. The average Bonchev–Trinajstić information content (AvgIpc) is 2.49. The minimum Gasteiger partial charge on any atom is -0.493 e. The molecule has 0 saturated carbocycles. The number of ether oxygens (including phenoxy) is 1. The van der Waals surface area contributed by atoms with Crippen LogP contribution in [-0.2, 0) is 5.54 Å². The van der Waals surface area contributed by atoms with Crippen LogP contribution in [0.15, 0.2) is 12.1 Å². The fourth-order valence-corrected chi connectivity index (χ4v) is 2.77. The third-order valence-electron chi connectivity index (χ3n) is 3.74. The van der Waals surface area contributed by atoms with E-state index in [2.05, 4.69) is 32.0 Å². The van der Waals surface area contributed by atoms with Crippen LogP contribution in [0.5, 0.6) is 5.75 Å². The molecule has 1 heterocycles. The highest BCUT2D eigenvalue weighted by Crippen LogP contribution is 2.41. The van der Waals surface area contributed by atoms with Crippen molar-refractivity contribution in [1.29, 1.82) is 5.26 Å². The second-order valence-electron chi connectivity index (χ2n) is 5.28. The Morgan fingerprint density at radius 3 is 2.67 bits per heavy atom. The predicted octanol–water partition coefficient (Wildman–Crippen LogP) is 2.76. The van der Waals surface area contributed by atoms with Crippen LogP contribution in [0, 0.1) is 25.2 Å². The Hall–Kier alpha value is -1.53. The van der Waals surface area contributed by atoms with Crippen LogP contribution in [0.3, 0.4) is 0 Å². The summed E-state index contributed by atoms with van der Waals surface area (Å²) in [5.41, 5.74) is 2.75. The van der Waals surface area contributed by atoms with Crippen LogP contribution < -0.4 is 4.74 Å². The summed E-state index contributed by atoms with van der Waals surface area (Å²) in [6.07, 6.45) is 1.71. The van der Waals surface area contributed by atoms with Crippen molar-refractivity contribution in [3.63, 3.8) is 0 Å². The first-order chi connectivity index (χ1) is 8.51. The summed E-state index contributed by atoms with van der Waals surface area (Å²) in [4.78, 5) is 2.01. The van der Waals surface area contributed by atoms with Gasteiger partial charge in [-0.25, -0.2) is 0 Å². The summed E-state index contributed by atoms with van der Waals surface area (Å²) < 4.78 is 5.86. The number of benzene rings is 1. The Balaban J connectivity index is 2.71. The fraction of sp³-hybridized carbons (Fsp3) is 0.533. The number of fused-ring (bicyclic) bond motifs is 1. The van der Waals surface area contributed by atoms with E-state index in [4.69, 9.17) is 4.74 Å². The molecule has 1 aliphatic rings. The molecule has 18 heavy (non-hydrogen) atoms. The van der Waals surface area contributed by atoms with Crippen molar-refractivity contribution in [2.24, 2.45) is 0 Å². The van der Waals surface area contributed by atoms with Crippen LogP contribution in [0.4, 0.5) is 0 Å². The SMILES string of the molecule is Cc1cc(C)c2c(c1)C(C#N)(N(C)C)CCCO2. The Labute approximate surface area is 109 Å². The van der Waals surface area contributed by atoms with Gasteiger partial charge in [-0.2, -0.15) is 5.26 Å². The van der Waals surface area contributed by atoms with Crippen molar-refractivity contribution < 1.29 is 4.74 Å². The molecule has 0 aliphatic carbocycles. The standard InChI is InChI=1S/C15H20N2O/c1-11-8-12(2)14-13(9-11)15(10-16,17(3)4)6-5-7-18-14/h8-9H,5-7H2,1-4H3. The Morgan fingerprint density at radius 1 is 1.33 bits per heavy atom. The summed E-state index contributed by atoms with van der Waals surface area (Å²) in [6.45, 7) is 4.80. The predicted molar refractivity (Wildman–Crippen MR) is 71.6 cm³/mol. The minimum atomic E-state index is -0.567. The van der Waals surface area contributed by atoms with E-state index in [1.807, 2.05) is 19.0 Å². The van der Waals surface area contributed by atoms with Gasteiger partial charge < -0.3 is 4.74 Å². The quantitative estimate of drug-likeness (QED) is 0.762. The van der Waals surface area contributed by atoms with Gasteiger partial charge in [0.05, 0.1) is 12.7 Å². The largest absolute Gasteiger partial charge is 0.493 e. The number of aryl methyl sites for hydroxylation is 2. The molecule has 0 N–H and O–H groups in total. The molecule has 0 radical (unpaired) electrons. The van der Waals surface area contributed by atoms with Crippen molar-refractivity contribution in [2.45, 2.75) is 32.2 Å². The van der Waals surface area contributed by atoms with Gasteiger partial charge in [-0.1, -0.05) is 11.6 Å². The topological polar surface area (TPSA) is 36.3 Å².